The van der Waals surface area contributed by atoms with E-state index in [0.29, 0.717) is 17.2 Å². The normalized spacial score (nSPS) is 23.5. The van der Waals surface area contributed by atoms with Gasteiger partial charge in [-0.2, -0.15) is 4.31 Å². The van der Waals surface area contributed by atoms with E-state index < -0.39 is 21.5 Å². The Balaban J connectivity index is 2.03. The Hall–Kier alpha value is -2.33. The van der Waals surface area contributed by atoms with E-state index in [1.165, 1.54) is 19.1 Å². The Kier molecular flexibility index (Phi) is 7.34. The van der Waals surface area contributed by atoms with Gasteiger partial charge in [0.05, 0.1) is 32.7 Å². The lowest BCUT2D eigenvalue weighted by atomic mass is 9.93. The third-order valence-electron chi connectivity index (χ3n) is 6.28. The Morgan fingerprint density at radius 1 is 1.06 bits per heavy atom. The zero-order valence-electron chi connectivity index (χ0n) is 19.2. The van der Waals surface area contributed by atoms with Crippen LogP contribution >= 0.6 is 0 Å². The maximum Gasteiger partial charge on any atom is 0.247 e. The van der Waals surface area contributed by atoms with Gasteiger partial charge >= 0.3 is 0 Å². The molecule has 1 aromatic rings. The second kappa shape index (κ2) is 9.66. The van der Waals surface area contributed by atoms with Crippen LogP contribution in [0.1, 0.15) is 45.4 Å². The Labute approximate surface area is 190 Å². The number of amides is 2. The number of nitrogens with zero attached hydrogens (tertiary/aromatic N) is 2. The molecule has 1 aromatic carbocycles. The topological polar surface area (TPSA) is 105 Å². The molecule has 0 spiro atoms. The molecule has 0 bridgehead atoms. The smallest absolute Gasteiger partial charge is 0.247 e. The fourth-order valence-corrected chi connectivity index (χ4v) is 5.32. The van der Waals surface area contributed by atoms with Crippen molar-refractivity contribution in [2.24, 2.45) is 0 Å². The number of methoxy groups -OCH3 is 2. The molecule has 178 valence electrons. The van der Waals surface area contributed by atoms with Gasteiger partial charge in [-0.1, -0.05) is 25.7 Å². The molecule has 1 heterocycles. The van der Waals surface area contributed by atoms with Gasteiger partial charge in [0.1, 0.15) is 17.0 Å². The van der Waals surface area contributed by atoms with Crippen LogP contribution in [0.4, 0.5) is 5.69 Å². The van der Waals surface area contributed by atoms with E-state index in [0.717, 1.165) is 49.1 Å². The number of benzene rings is 1. The van der Waals surface area contributed by atoms with Gasteiger partial charge in [-0.3, -0.25) is 14.5 Å². The summed E-state index contributed by atoms with van der Waals surface area (Å²) in [5, 5.41) is 3.10. The van der Waals surface area contributed by atoms with Crippen LogP contribution in [-0.2, 0) is 19.6 Å². The van der Waals surface area contributed by atoms with Crippen LogP contribution in [-0.4, -0.2) is 69.7 Å². The fourth-order valence-electron chi connectivity index (χ4n) is 4.49. The van der Waals surface area contributed by atoms with E-state index in [2.05, 4.69) is 5.32 Å². The number of carbonyl (C=O) groups is 2. The summed E-state index contributed by atoms with van der Waals surface area (Å²) < 4.78 is 36.4. The summed E-state index contributed by atoms with van der Waals surface area (Å²) in [6.45, 7) is 1.13. The van der Waals surface area contributed by atoms with Crippen molar-refractivity contribution in [1.82, 2.24) is 9.62 Å². The lowest BCUT2D eigenvalue weighted by Crippen LogP contribution is -2.70. The zero-order valence-corrected chi connectivity index (χ0v) is 20.0. The molecule has 1 saturated heterocycles. The van der Waals surface area contributed by atoms with E-state index in [4.69, 9.17) is 9.47 Å². The van der Waals surface area contributed by atoms with Crippen molar-refractivity contribution in [3.8, 4) is 11.5 Å². The summed E-state index contributed by atoms with van der Waals surface area (Å²) in [4.78, 5) is 28.3. The lowest BCUT2D eigenvalue weighted by molar-refractivity contribution is -0.133. The molecule has 0 unspecified atom stereocenters. The highest BCUT2D eigenvalue weighted by molar-refractivity contribution is 7.88. The zero-order chi connectivity index (χ0) is 23.5. The van der Waals surface area contributed by atoms with Crippen LogP contribution < -0.4 is 19.7 Å². The highest BCUT2D eigenvalue weighted by Gasteiger charge is 2.50. The number of anilines is 1. The third kappa shape index (κ3) is 5.17. The third-order valence-corrected chi connectivity index (χ3v) is 7.48. The molecule has 2 fully saturated rings. The van der Waals surface area contributed by atoms with Crippen molar-refractivity contribution < 1.29 is 27.5 Å². The number of rotatable bonds is 6. The molecule has 1 aliphatic heterocycles. The Bertz CT molecular complexity index is 936. The van der Waals surface area contributed by atoms with E-state index in [9.17, 15) is 18.0 Å². The van der Waals surface area contributed by atoms with Crippen LogP contribution in [0.2, 0.25) is 0 Å². The lowest BCUT2D eigenvalue weighted by Gasteiger charge is -2.47. The molecular formula is C22H33N3O6S. The van der Waals surface area contributed by atoms with Gasteiger partial charge in [0, 0.05) is 30.8 Å². The van der Waals surface area contributed by atoms with Crippen molar-refractivity contribution in [3.63, 3.8) is 0 Å². The predicted molar refractivity (Wildman–Crippen MR) is 121 cm³/mol. The first-order valence-electron chi connectivity index (χ1n) is 10.9. The minimum absolute atomic E-state index is 0.00670. The largest absolute Gasteiger partial charge is 0.497 e. The summed E-state index contributed by atoms with van der Waals surface area (Å²) in [6, 6.07) is 4.97. The van der Waals surface area contributed by atoms with E-state index in [-0.39, 0.29) is 25.0 Å². The van der Waals surface area contributed by atoms with Crippen LogP contribution in [0.3, 0.4) is 0 Å². The monoisotopic (exact) mass is 467 g/mol. The summed E-state index contributed by atoms with van der Waals surface area (Å²) in [7, 11) is -0.677. The highest BCUT2D eigenvalue weighted by atomic mass is 32.2. The number of hydrogen-bond donors (Lipinski definition) is 1. The summed E-state index contributed by atoms with van der Waals surface area (Å²) >= 11 is 0. The van der Waals surface area contributed by atoms with Gasteiger partial charge in [0.2, 0.25) is 21.8 Å². The van der Waals surface area contributed by atoms with Gasteiger partial charge in [-0.15, -0.1) is 0 Å². The quantitative estimate of drug-likeness (QED) is 0.641. The molecule has 32 heavy (non-hydrogen) atoms. The van der Waals surface area contributed by atoms with Gasteiger partial charge in [-0.05, 0) is 19.8 Å². The van der Waals surface area contributed by atoms with E-state index in [1.54, 1.807) is 25.1 Å². The SMILES string of the molecule is COc1cc(OC)cc(N2C(=O)CN(S(C)(=O)=O)C[C@]2(C)C(=O)NC2CCCCCC2)c1. The van der Waals surface area contributed by atoms with Crippen molar-refractivity contribution in [3.05, 3.63) is 18.2 Å². The molecule has 1 atom stereocenters. The first-order valence-corrected chi connectivity index (χ1v) is 12.8. The molecule has 1 aliphatic carbocycles. The highest BCUT2D eigenvalue weighted by Crippen LogP contribution is 2.36. The summed E-state index contributed by atoms with van der Waals surface area (Å²) in [5.41, 5.74) is -1.03. The van der Waals surface area contributed by atoms with Crippen LogP contribution in [0, 0.1) is 0 Å². The molecule has 0 radical (unpaired) electrons. The first kappa shape index (κ1) is 24.3. The standard InChI is InChI=1S/C22H33N3O6S/c1-22(21(27)23-16-9-7-5-6-8-10-16)15-24(32(4,28)29)14-20(26)25(22)17-11-18(30-2)13-19(12-17)31-3/h11-13,16H,5-10,14-15H2,1-4H3,(H,23,27)/t22-/m1/s1. The second-order valence-corrected chi connectivity index (χ2v) is 10.7. The number of nitrogens with one attached hydrogen (secondary N) is 1. The summed E-state index contributed by atoms with van der Waals surface area (Å²) in [6.07, 6.45) is 7.14. The molecular weight excluding hydrogens is 434 g/mol. The van der Waals surface area contributed by atoms with Gasteiger partial charge in [0.15, 0.2) is 0 Å². The van der Waals surface area contributed by atoms with E-state index in [1.807, 2.05) is 0 Å². The second-order valence-electron chi connectivity index (χ2n) is 8.77. The average molecular weight is 468 g/mol. The molecule has 10 heteroatoms. The maximum atomic E-state index is 13.6. The van der Waals surface area contributed by atoms with Gasteiger partial charge in [-0.25, -0.2) is 8.42 Å². The van der Waals surface area contributed by atoms with Gasteiger partial charge in [0.25, 0.3) is 0 Å². The Morgan fingerprint density at radius 3 is 2.12 bits per heavy atom. The number of piperazine rings is 1. The van der Waals surface area contributed by atoms with E-state index >= 15 is 0 Å². The minimum Gasteiger partial charge on any atom is -0.497 e. The molecule has 0 aromatic heterocycles. The molecule has 2 amide bonds. The summed E-state index contributed by atoms with van der Waals surface area (Å²) in [5.74, 6) is 0.0665. The number of hydrogen-bond acceptors (Lipinski definition) is 6. The number of ether oxygens (including phenoxy) is 2. The first-order chi connectivity index (χ1) is 15.1. The molecule has 3 rings (SSSR count). The van der Waals surface area contributed by atoms with Crippen molar-refractivity contribution in [2.75, 3.05) is 38.5 Å². The fraction of sp³-hybridized carbons (Fsp3) is 0.636. The van der Waals surface area contributed by atoms with Gasteiger partial charge < -0.3 is 14.8 Å². The van der Waals surface area contributed by atoms with Crippen molar-refractivity contribution in [1.29, 1.82) is 0 Å². The minimum atomic E-state index is -3.68. The number of carbonyl (C=O) groups excluding carboxylic acids is 2. The molecule has 2 aliphatic rings. The van der Waals surface area contributed by atoms with Crippen LogP contribution in [0.5, 0.6) is 11.5 Å². The van der Waals surface area contributed by atoms with Crippen LogP contribution in [0.15, 0.2) is 18.2 Å². The maximum absolute atomic E-state index is 13.6. The molecule has 1 N–H and O–H groups in total. The van der Waals surface area contributed by atoms with Crippen molar-refractivity contribution in [2.45, 2.75) is 57.0 Å². The number of sulfonamides is 1. The predicted octanol–water partition coefficient (Wildman–Crippen LogP) is 1.91. The van der Waals surface area contributed by atoms with Crippen molar-refractivity contribution >= 4 is 27.5 Å². The average Bonchev–Trinajstić information content (AvgIpc) is 3.00. The Morgan fingerprint density at radius 2 is 1.62 bits per heavy atom. The van der Waals surface area contributed by atoms with Crippen LogP contribution in [0.25, 0.3) is 0 Å². The molecule has 1 saturated carbocycles. The molecule has 9 nitrogen and oxygen atoms in total.